The number of nitrogens with zero attached hydrogens (tertiary/aromatic N) is 1. The quantitative estimate of drug-likeness (QED) is 0.496. The van der Waals surface area contributed by atoms with Crippen LogP contribution in [0.3, 0.4) is 0 Å². The van der Waals surface area contributed by atoms with Crippen molar-refractivity contribution < 1.29 is 14.0 Å². The lowest BCUT2D eigenvalue weighted by Gasteiger charge is -2.30. The van der Waals surface area contributed by atoms with E-state index in [-0.39, 0.29) is 18.4 Å². The summed E-state index contributed by atoms with van der Waals surface area (Å²) in [6.45, 7) is -0.137. The molecule has 0 radical (unpaired) electrons. The molecule has 4 aromatic rings. The SMILES string of the molecule is O=C1CN(C(=O)c2ccc3ccccc3c2)C(c2ccccc2)c2cc(F)ccc2N1. The smallest absolute Gasteiger partial charge is 0.255 e. The molecule has 0 saturated heterocycles. The summed E-state index contributed by atoms with van der Waals surface area (Å²) >= 11 is 0. The standard InChI is InChI=1S/C26H19FN2O2/c27-21-12-13-23-22(15-21)25(18-7-2-1-3-8-18)29(16-24(30)28-23)26(31)20-11-10-17-6-4-5-9-19(17)14-20/h1-15,25H,16H2,(H,28,30). The van der Waals surface area contributed by atoms with Crippen LogP contribution in [-0.2, 0) is 4.79 Å². The van der Waals surface area contributed by atoms with E-state index in [4.69, 9.17) is 0 Å². The van der Waals surface area contributed by atoms with E-state index in [1.54, 1.807) is 12.1 Å². The minimum atomic E-state index is -0.607. The third-order valence-electron chi connectivity index (χ3n) is 5.58. The molecule has 1 heterocycles. The van der Waals surface area contributed by atoms with Gasteiger partial charge in [0.15, 0.2) is 0 Å². The molecule has 1 atom stereocenters. The molecule has 0 saturated carbocycles. The van der Waals surface area contributed by atoms with Crippen molar-refractivity contribution in [2.24, 2.45) is 0 Å². The summed E-state index contributed by atoms with van der Waals surface area (Å²) in [6, 6.07) is 26.3. The number of rotatable bonds is 2. The average Bonchev–Trinajstić information content (AvgIpc) is 2.94. The number of anilines is 1. The maximum atomic E-state index is 14.2. The Morgan fingerprint density at radius 1 is 0.871 bits per heavy atom. The van der Waals surface area contributed by atoms with Crippen LogP contribution in [0.5, 0.6) is 0 Å². The number of amides is 2. The maximum absolute atomic E-state index is 14.2. The number of carbonyl (C=O) groups is 2. The molecule has 31 heavy (non-hydrogen) atoms. The zero-order chi connectivity index (χ0) is 21.4. The Balaban J connectivity index is 1.66. The molecule has 2 amide bonds. The third kappa shape index (κ3) is 3.55. The molecule has 4 aromatic carbocycles. The van der Waals surface area contributed by atoms with E-state index in [1.807, 2.05) is 66.7 Å². The van der Waals surface area contributed by atoms with Crippen LogP contribution in [0.4, 0.5) is 10.1 Å². The van der Waals surface area contributed by atoms with Crippen LogP contribution in [0.1, 0.15) is 27.5 Å². The van der Waals surface area contributed by atoms with Crippen molar-refractivity contribution in [3.63, 3.8) is 0 Å². The summed E-state index contributed by atoms with van der Waals surface area (Å²) in [5.41, 5.74) is 2.34. The number of hydrogen-bond acceptors (Lipinski definition) is 2. The highest BCUT2D eigenvalue weighted by Gasteiger charge is 2.34. The highest BCUT2D eigenvalue weighted by atomic mass is 19.1. The molecule has 1 aliphatic rings. The van der Waals surface area contributed by atoms with Gasteiger partial charge in [-0.25, -0.2) is 4.39 Å². The monoisotopic (exact) mass is 410 g/mol. The van der Waals surface area contributed by atoms with E-state index < -0.39 is 11.9 Å². The Hall–Kier alpha value is -3.99. The van der Waals surface area contributed by atoms with Crippen LogP contribution in [0.15, 0.2) is 91.0 Å². The van der Waals surface area contributed by atoms with Crippen molar-refractivity contribution >= 4 is 28.3 Å². The molecule has 0 bridgehead atoms. The van der Waals surface area contributed by atoms with E-state index in [9.17, 15) is 14.0 Å². The predicted molar refractivity (Wildman–Crippen MR) is 118 cm³/mol. The Morgan fingerprint density at radius 2 is 1.61 bits per heavy atom. The van der Waals surface area contributed by atoms with Crippen molar-refractivity contribution in [1.29, 1.82) is 0 Å². The van der Waals surface area contributed by atoms with Crippen molar-refractivity contribution in [2.45, 2.75) is 6.04 Å². The van der Waals surface area contributed by atoms with Gasteiger partial charge >= 0.3 is 0 Å². The minimum Gasteiger partial charge on any atom is -0.324 e. The van der Waals surface area contributed by atoms with Gasteiger partial charge in [0.25, 0.3) is 5.91 Å². The minimum absolute atomic E-state index is 0.137. The molecule has 0 aliphatic carbocycles. The number of benzene rings is 4. The molecule has 152 valence electrons. The lowest BCUT2D eigenvalue weighted by atomic mass is 9.95. The first-order valence-corrected chi connectivity index (χ1v) is 10.0. The Bertz CT molecular complexity index is 1300. The number of carbonyl (C=O) groups excluding carboxylic acids is 2. The molecule has 1 aliphatic heterocycles. The fourth-order valence-electron chi connectivity index (χ4n) is 4.15. The van der Waals surface area contributed by atoms with Gasteiger partial charge in [0.05, 0.1) is 6.04 Å². The van der Waals surface area contributed by atoms with Crippen molar-refractivity contribution in [3.05, 3.63) is 114 Å². The van der Waals surface area contributed by atoms with Crippen LogP contribution in [-0.4, -0.2) is 23.3 Å². The molecular formula is C26H19FN2O2. The van der Waals surface area contributed by atoms with Crippen molar-refractivity contribution in [1.82, 2.24) is 4.90 Å². The number of fused-ring (bicyclic) bond motifs is 2. The zero-order valence-electron chi connectivity index (χ0n) is 16.6. The van der Waals surface area contributed by atoms with Gasteiger partial charge in [-0.05, 0) is 46.7 Å². The Kier molecular flexibility index (Phi) is 4.71. The highest BCUT2D eigenvalue weighted by molar-refractivity contribution is 6.03. The summed E-state index contributed by atoms with van der Waals surface area (Å²) in [7, 11) is 0. The fraction of sp³-hybridized carbons (Fsp3) is 0.0769. The summed E-state index contributed by atoms with van der Waals surface area (Å²) in [5, 5.41) is 4.78. The molecular weight excluding hydrogens is 391 g/mol. The van der Waals surface area contributed by atoms with Crippen LogP contribution in [0.25, 0.3) is 10.8 Å². The average molecular weight is 410 g/mol. The lowest BCUT2D eigenvalue weighted by Crippen LogP contribution is -2.39. The first kappa shape index (κ1) is 19.0. The second-order valence-electron chi connectivity index (χ2n) is 7.59. The lowest BCUT2D eigenvalue weighted by molar-refractivity contribution is -0.117. The normalized spacial score (nSPS) is 15.8. The van der Waals surface area contributed by atoms with Gasteiger partial charge in [-0.2, -0.15) is 0 Å². The second kappa shape index (κ2) is 7.69. The molecule has 0 aromatic heterocycles. The number of hydrogen-bond donors (Lipinski definition) is 1. The van der Waals surface area contributed by atoms with E-state index in [0.717, 1.165) is 16.3 Å². The topological polar surface area (TPSA) is 49.4 Å². The van der Waals surface area contributed by atoms with Gasteiger partial charge in [0.2, 0.25) is 5.91 Å². The van der Waals surface area contributed by atoms with Crippen molar-refractivity contribution in [2.75, 3.05) is 11.9 Å². The number of nitrogens with one attached hydrogen (secondary N) is 1. The van der Waals surface area contributed by atoms with Crippen LogP contribution in [0, 0.1) is 5.82 Å². The molecule has 1 N–H and O–H groups in total. The fourth-order valence-corrected chi connectivity index (χ4v) is 4.15. The summed E-state index contributed by atoms with van der Waals surface area (Å²) in [5.74, 6) is -1.03. The van der Waals surface area contributed by atoms with Gasteiger partial charge in [-0.1, -0.05) is 60.7 Å². The van der Waals surface area contributed by atoms with E-state index in [0.29, 0.717) is 16.8 Å². The van der Waals surface area contributed by atoms with Gasteiger partial charge < -0.3 is 10.2 Å². The number of halogens is 1. The van der Waals surface area contributed by atoms with Gasteiger partial charge in [0, 0.05) is 16.8 Å². The molecule has 1 unspecified atom stereocenters. The van der Waals surface area contributed by atoms with E-state index in [1.165, 1.54) is 17.0 Å². The predicted octanol–water partition coefficient (Wildman–Crippen LogP) is 5.16. The zero-order valence-corrected chi connectivity index (χ0v) is 16.6. The molecule has 5 rings (SSSR count). The maximum Gasteiger partial charge on any atom is 0.255 e. The van der Waals surface area contributed by atoms with Crippen LogP contribution in [0.2, 0.25) is 0 Å². The third-order valence-corrected chi connectivity index (χ3v) is 5.58. The van der Waals surface area contributed by atoms with E-state index in [2.05, 4.69) is 5.32 Å². The van der Waals surface area contributed by atoms with Gasteiger partial charge in [-0.15, -0.1) is 0 Å². The van der Waals surface area contributed by atoms with Crippen LogP contribution >= 0.6 is 0 Å². The Labute approximate surface area is 178 Å². The molecule has 4 nitrogen and oxygen atoms in total. The van der Waals surface area contributed by atoms with Crippen LogP contribution < -0.4 is 5.32 Å². The molecule has 5 heteroatoms. The van der Waals surface area contributed by atoms with Gasteiger partial charge in [0.1, 0.15) is 12.4 Å². The first-order chi connectivity index (χ1) is 15.1. The molecule has 0 spiro atoms. The Morgan fingerprint density at radius 3 is 2.42 bits per heavy atom. The van der Waals surface area contributed by atoms with E-state index >= 15 is 0 Å². The first-order valence-electron chi connectivity index (χ1n) is 10.0. The largest absolute Gasteiger partial charge is 0.324 e. The second-order valence-corrected chi connectivity index (χ2v) is 7.59. The molecule has 0 fully saturated rings. The summed E-state index contributed by atoms with van der Waals surface area (Å²) in [6.07, 6.45) is 0. The van der Waals surface area contributed by atoms with Gasteiger partial charge in [-0.3, -0.25) is 9.59 Å². The van der Waals surface area contributed by atoms with Crippen molar-refractivity contribution in [3.8, 4) is 0 Å². The summed E-state index contributed by atoms with van der Waals surface area (Å²) < 4.78 is 14.2. The highest BCUT2D eigenvalue weighted by Crippen LogP contribution is 2.37. The summed E-state index contributed by atoms with van der Waals surface area (Å²) in [4.78, 5) is 27.9.